The van der Waals surface area contributed by atoms with Gasteiger partial charge in [0.05, 0.1) is 5.69 Å². The van der Waals surface area contributed by atoms with Crippen molar-refractivity contribution >= 4 is 0 Å². The Labute approximate surface area is 96.9 Å². The van der Waals surface area contributed by atoms with E-state index in [0.717, 1.165) is 25.3 Å². The number of nitrogens with zero attached hydrogens (tertiary/aromatic N) is 3. The Morgan fingerprint density at radius 3 is 3.06 bits per heavy atom. The van der Waals surface area contributed by atoms with Crippen LogP contribution in [0.25, 0.3) is 0 Å². The molecule has 1 aliphatic heterocycles. The summed E-state index contributed by atoms with van der Waals surface area (Å²) < 4.78 is 0. The van der Waals surface area contributed by atoms with Gasteiger partial charge in [0, 0.05) is 25.3 Å². The highest BCUT2D eigenvalue weighted by Gasteiger charge is 2.24. The molecule has 1 fully saturated rings. The molecule has 1 aromatic rings. The Morgan fingerprint density at radius 1 is 1.50 bits per heavy atom. The summed E-state index contributed by atoms with van der Waals surface area (Å²) in [6, 6.07) is 2.62. The molecule has 0 spiro atoms. The van der Waals surface area contributed by atoms with Crippen molar-refractivity contribution in [3.63, 3.8) is 0 Å². The van der Waals surface area contributed by atoms with Crippen LogP contribution in [-0.4, -0.2) is 34.0 Å². The smallest absolute Gasteiger partial charge is 0.115 e. The third-order valence-corrected chi connectivity index (χ3v) is 3.45. The van der Waals surface area contributed by atoms with Gasteiger partial charge in [-0.25, -0.2) is 9.97 Å². The zero-order chi connectivity index (χ0) is 11.4. The average Bonchev–Trinajstić information content (AvgIpc) is 2.33. The molecular formula is C12H20N4. The largest absolute Gasteiger partial charge is 0.330 e. The minimum Gasteiger partial charge on any atom is -0.330 e. The lowest BCUT2D eigenvalue weighted by molar-refractivity contribution is 0.112. The van der Waals surface area contributed by atoms with E-state index in [2.05, 4.69) is 21.8 Å². The monoisotopic (exact) mass is 220 g/mol. The van der Waals surface area contributed by atoms with Gasteiger partial charge in [-0.05, 0) is 38.3 Å². The van der Waals surface area contributed by atoms with E-state index in [1.165, 1.54) is 12.8 Å². The fourth-order valence-electron chi connectivity index (χ4n) is 2.29. The number of aromatic nitrogens is 2. The second-order valence-electron chi connectivity index (χ2n) is 4.66. The molecule has 1 aromatic heterocycles. The molecule has 2 rings (SSSR count). The highest BCUT2D eigenvalue weighted by Crippen LogP contribution is 2.22. The number of rotatable bonds is 3. The summed E-state index contributed by atoms with van der Waals surface area (Å²) in [4.78, 5) is 10.7. The molecule has 0 amide bonds. The molecule has 2 N–H and O–H groups in total. The van der Waals surface area contributed by atoms with Gasteiger partial charge in [-0.1, -0.05) is 0 Å². The Bertz CT molecular complexity index is 314. The van der Waals surface area contributed by atoms with Crippen LogP contribution in [0.2, 0.25) is 0 Å². The van der Waals surface area contributed by atoms with Crippen molar-refractivity contribution in [2.45, 2.75) is 32.4 Å². The number of hydrogen-bond acceptors (Lipinski definition) is 4. The van der Waals surface area contributed by atoms with E-state index in [1.54, 1.807) is 12.5 Å². The van der Waals surface area contributed by atoms with Crippen molar-refractivity contribution in [3.8, 4) is 0 Å². The zero-order valence-corrected chi connectivity index (χ0v) is 9.84. The van der Waals surface area contributed by atoms with Crippen LogP contribution < -0.4 is 5.73 Å². The summed E-state index contributed by atoms with van der Waals surface area (Å²) in [5.41, 5.74) is 6.85. The Morgan fingerprint density at radius 2 is 2.38 bits per heavy atom. The fraction of sp³-hybridized carbons (Fsp3) is 0.667. The van der Waals surface area contributed by atoms with Gasteiger partial charge in [-0.15, -0.1) is 0 Å². The van der Waals surface area contributed by atoms with Crippen molar-refractivity contribution in [1.29, 1.82) is 0 Å². The van der Waals surface area contributed by atoms with E-state index in [1.807, 2.05) is 6.07 Å². The second kappa shape index (κ2) is 5.37. The van der Waals surface area contributed by atoms with Crippen molar-refractivity contribution in [3.05, 3.63) is 24.3 Å². The van der Waals surface area contributed by atoms with E-state index in [9.17, 15) is 0 Å². The summed E-state index contributed by atoms with van der Waals surface area (Å²) in [5.74, 6) is 0.651. The lowest BCUT2D eigenvalue weighted by Crippen LogP contribution is -2.43. The Kier molecular flexibility index (Phi) is 3.85. The summed E-state index contributed by atoms with van der Waals surface area (Å²) in [7, 11) is 0. The zero-order valence-electron chi connectivity index (χ0n) is 9.84. The summed E-state index contributed by atoms with van der Waals surface area (Å²) in [6.45, 7) is 5.10. The predicted molar refractivity (Wildman–Crippen MR) is 63.7 cm³/mol. The van der Waals surface area contributed by atoms with E-state index in [4.69, 9.17) is 5.73 Å². The number of nitrogens with two attached hydrogens (primary N) is 1. The Hall–Kier alpha value is -1.00. The molecule has 1 aliphatic rings. The highest BCUT2D eigenvalue weighted by atomic mass is 15.2. The van der Waals surface area contributed by atoms with E-state index in [-0.39, 0.29) is 0 Å². The van der Waals surface area contributed by atoms with Crippen LogP contribution in [0.1, 0.15) is 25.5 Å². The number of hydrogen-bond donors (Lipinski definition) is 1. The van der Waals surface area contributed by atoms with Crippen LogP contribution in [0.4, 0.5) is 0 Å². The van der Waals surface area contributed by atoms with Gasteiger partial charge in [-0.2, -0.15) is 0 Å². The highest BCUT2D eigenvalue weighted by molar-refractivity contribution is 4.98. The predicted octanol–water partition coefficient (Wildman–Crippen LogP) is 1.04. The molecule has 2 heterocycles. The normalized spacial score (nSPS) is 26.9. The molecule has 2 unspecified atom stereocenters. The minimum atomic E-state index is 0.637. The molecule has 0 saturated carbocycles. The first kappa shape index (κ1) is 11.5. The lowest BCUT2D eigenvalue weighted by atomic mass is 9.93. The molecule has 0 bridgehead atoms. The maximum absolute atomic E-state index is 5.75. The topological polar surface area (TPSA) is 55.0 Å². The van der Waals surface area contributed by atoms with Crippen LogP contribution in [0, 0.1) is 5.92 Å². The molecule has 4 nitrogen and oxygen atoms in total. The van der Waals surface area contributed by atoms with Crippen molar-refractivity contribution in [1.82, 2.24) is 14.9 Å². The molecule has 0 radical (unpaired) electrons. The van der Waals surface area contributed by atoms with E-state index >= 15 is 0 Å². The summed E-state index contributed by atoms with van der Waals surface area (Å²) in [6.07, 6.45) is 5.92. The molecular weight excluding hydrogens is 200 g/mol. The lowest BCUT2D eigenvalue weighted by Gasteiger charge is -2.37. The van der Waals surface area contributed by atoms with Crippen molar-refractivity contribution < 1.29 is 0 Å². The van der Waals surface area contributed by atoms with Gasteiger partial charge in [0.25, 0.3) is 0 Å². The van der Waals surface area contributed by atoms with Gasteiger partial charge in [-0.3, -0.25) is 4.90 Å². The first-order valence-electron chi connectivity index (χ1n) is 5.98. The van der Waals surface area contributed by atoms with Gasteiger partial charge >= 0.3 is 0 Å². The second-order valence-corrected chi connectivity index (χ2v) is 4.66. The first-order valence-corrected chi connectivity index (χ1v) is 5.98. The average molecular weight is 220 g/mol. The molecule has 0 aromatic carbocycles. The maximum atomic E-state index is 5.75. The first-order chi connectivity index (χ1) is 7.79. The van der Waals surface area contributed by atoms with Crippen LogP contribution in [-0.2, 0) is 6.54 Å². The van der Waals surface area contributed by atoms with Gasteiger partial charge in [0.1, 0.15) is 6.33 Å². The third-order valence-electron chi connectivity index (χ3n) is 3.45. The number of piperidine rings is 1. The minimum absolute atomic E-state index is 0.637. The SMILES string of the molecule is CC1CCC(CN)CN1Cc1ccncn1. The van der Waals surface area contributed by atoms with E-state index < -0.39 is 0 Å². The van der Waals surface area contributed by atoms with Gasteiger partial charge in [0.15, 0.2) is 0 Å². The van der Waals surface area contributed by atoms with Crippen molar-refractivity contribution in [2.75, 3.05) is 13.1 Å². The van der Waals surface area contributed by atoms with Crippen LogP contribution >= 0.6 is 0 Å². The maximum Gasteiger partial charge on any atom is 0.115 e. The molecule has 1 saturated heterocycles. The van der Waals surface area contributed by atoms with Gasteiger partial charge in [0.2, 0.25) is 0 Å². The quantitative estimate of drug-likeness (QED) is 0.827. The van der Waals surface area contributed by atoms with Crippen LogP contribution in [0.3, 0.4) is 0 Å². The van der Waals surface area contributed by atoms with Crippen LogP contribution in [0.5, 0.6) is 0 Å². The summed E-state index contributed by atoms with van der Waals surface area (Å²) in [5, 5.41) is 0. The van der Waals surface area contributed by atoms with Crippen LogP contribution in [0.15, 0.2) is 18.6 Å². The van der Waals surface area contributed by atoms with Gasteiger partial charge < -0.3 is 5.73 Å². The summed E-state index contributed by atoms with van der Waals surface area (Å²) >= 11 is 0. The molecule has 88 valence electrons. The Balaban J connectivity index is 1.97. The standard InChI is InChI=1S/C12H20N4/c1-10-2-3-11(6-13)7-16(10)8-12-4-5-14-9-15-12/h4-5,9-11H,2-3,6-8,13H2,1H3. The molecule has 0 aliphatic carbocycles. The van der Waals surface area contributed by atoms with E-state index in [0.29, 0.717) is 12.0 Å². The third kappa shape index (κ3) is 2.77. The molecule has 16 heavy (non-hydrogen) atoms. The fourth-order valence-corrected chi connectivity index (χ4v) is 2.29. The van der Waals surface area contributed by atoms with Crippen molar-refractivity contribution in [2.24, 2.45) is 11.7 Å². The number of likely N-dealkylation sites (tertiary alicyclic amines) is 1. The molecule has 2 atom stereocenters. The molecule has 4 heteroatoms.